The number of oxazole rings is 1. The van der Waals surface area contributed by atoms with Crippen LogP contribution in [0.1, 0.15) is 53.3 Å². The maximum absolute atomic E-state index is 14.3. The maximum Gasteiger partial charge on any atom is 0.273 e. The number of halogens is 3. The van der Waals surface area contributed by atoms with Crippen LogP contribution in [0, 0.1) is 11.6 Å². The van der Waals surface area contributed by atoms with Crippen molar-refractivity contribution in [2.24, 2.45) is 0 Å². The Labute approximate surface area is 197 Å². The number of carbonyl (C=O) groups is 1. The van der Waals surface area contributed by atoms with Gasteiger partial charge in [0.15, 0.2) is 17.3 Å². The number of anilines is 1. The van der Waals surface area contributed by atoms with Crippen LogP contribution in [-0.2, 0) is 10.0 Å². The van der Waals surface area contributed by atoms with Crippen molar-refractivity contribution in [2.45, 2.75) is 31.7 Å². The van der Waals surface area contributed by atoms with Crippen LogP contribution in [-0.4, -0.2) is 25.6 Å². The van der Waals surface area contributed by atoms with E-state index in [0.29, 0.717) is 5.92 Å². The summed E-state index contributed by atoms with van der Waals surface area (Å²) in [5.41, 5.74) is 1.26. The number of nitrogens with one attached hydrogen (secondary N) is 2. The summed E-state index contributed by atoms with van der Waals surface area (Å²) in [6, 6.07) is 7.00. The highest BCUT2D eigenvalue weighted by Gasteiger charge is 2.25. The Balaban J connectivity index is 1.50. The molecule has 1 amide bonds. The molecule has 0 spiro atoms. The molecule has 0 saturated heterocycles. The Hall–Kier alpha value is -2.79. The highest BCUT2D eigenvalue weighted by molar-refractivity contribution is 9.10. The van der Waals surface area contributed by atoms with Crippen molar-refractivity contribution in [3.05, 3.63) is 69.5 Å². The Morgan fingerprint density at radius 3 is 2.45 bits per heavy atom. The van der Waals surface area contributed by atoms with Gasteiger partial charge in [0, 0.05) is 10.0 Å². The van der Waals surface area contributed by atoms with E-state index in [9.17, 15) is 22.0 Å². The second kappa shape index (κ2) is 8.86. The number of aromatic nitrogens is 1. The molecule has 0 radical (unpaired) electrons. The van der Waals surface area contributed by atoms with Gasteiger partial charge in [-0.3, -0.25) is 9.52 Å². The molecule has 7 nitrogen and oxygen atoms in total. The minimum atomic E-state index is -3.86. The lowest BCUT2D eigenvalue weighted by molar-refractivity contribution is 0.0934. The standard InChI is InChI=1S/C22H20BrF2N3O4S/c1-11(13-8-17(24)20(18(25)9-13)28-33(2,30)31)26-21(29)19-10-32-22(27-19)15-5-14(12-3-4-12)6-16(23)7-15/h5-12,28H,3-4H2,1-2H3,(H,26,29)/t11-/m1/s1. The highest BCUT2D eigenvalue weighted by atomic mass is 79.9. The topological polar surface area (TPSA) is 101 Å². The van der Waals surface area contributed by atoms with Crippen molar-refractivity contribution < 1.29 is 26.4 Å². The van der Waals surface area contributed by atoms with Crippen molar-refractivity contribution >= 4 is 37.5 Å². The van der Waals surface area contributed by atoms with Gasteiger partial charge in [0.1, 0.15) is 12.0 Å². The number of rotatable bonds is 7. The van der Waals surface area contributed by atoms with Crippen LogP contribution in [0.5, 0.6) is 0 Å². The molecule has 1 fully saturated rings. The Bertz CT molecular complexity index is 1320. The second-order valence-corrected chi connectivity index (χ2v) is 10.7. The van der Waals surface area contributed by atoms with E-state index < -0.39 is 39.3 Å². The van der Waals surface area contributed by atoms with E-state index in [1.54, 1.807) is 4.72 Å². The summed E-state index contributed by atoms with van der Waals surface area (Å²) in [4.78, 5) is 16.9. The molecular formula is C22H20BrF2N3O4S. The molecule has 3 aromatic rings. The van der Waals surface area contributed by atoms with Gasteiger partial charge < -0.3 is 9.73 Å². The molecule has 0 unspecified atom stereocenters. The predicted octanol–water partition coefficient (Wildman–Crippen LogP) is 5.12. The Morgan fingerprint density at radius 2 is 1.85 bits per heavy atom. The summed E-state index contributed by atoms with van der Waals surface area (Å²) >= 11 is 3.49. The van der Waals surface area contributed by atoms with Gasteiger partial charge in [-0.1, -0.05) is 15.9 Å². The summed E-state index contributed by atoms with van der Waals surface area (Å²) in [6.07, 6.45) is 4.28. The number of hydrogen-bond donors (Lipinski definition) is 2. The summed E-state index contributed by atoms with van der Waals surface area (Å²) in [5, 5.41) is 2.61. The van der Waals surface area contributed by atoms with E-state index in [1.165, 1.54) is 18.8 Å². The van der Waals surface area contributed by atoms with Crippen molar-refractivity contribution in [3.63, 3.8) is 0 Å². The average molecular weight is 540 g/mol. The quantitative estimate of drug-likeness (QED) is 0.433. The largest absolute Gasteiger partial charge is 0.444 e. The number of nitrogens with zero attached hydrogens (tertiary/aromatic N) is 1. The van der Waals surface area contributed by atoms with Crippen molar-refractivity contribution in [3.8, 4) is 11.5 Å². The Kier molecular flexibility index (Phi) is 6.28. The van der Waals surface area contributed by atoms with E-state index in [1.807, 2.05) is 18.2 Å². The molecule has 1 aliphatic rings. The first kappa shape index (κ1) is 23.4. The smallest absolute Gasteiger partial charge is 0.273 e. The normalized spacial score (nSPS) is 14.7. The zero-order valence-corrected chi connectivity index (χ0v) is 20.1. The summed E-state index contributed by atoms with van der Waals surface area (Å²) in [6.45, 7) is 1.53. The van der Waals surface area contributed by atoms with Crippen LogP contribution >= 0.6 is 15.9 Å². The van der Waals surface area contributed by atoms with Crippen LogP contribution in [0.15, 0.2) is 45.5 Å². The van der Waals surface area contributed by atoms with Gasteiger partial charge in [-0.25, -0.2) is 22.2 Å². The number of carbonyl (C=O) groups excluding carboxylic acids is 1. The van der Waals surface area contributed by atoms with Crippen LogP contribution in [0.2, 0.25) is 0 Å². The van der Waals surface area contributed by atoms with Crippen LogP contribution in [0.25, 0.3) is 11.5 Å². The SMILES string of the molecule is C[C@@H](NC(=O)c1coc(-c2cc(Br)cc(C3CC3)c2)n1)c1cc(F)c(NS(C)(=O)=O)c(F)c1. The average Bonchev–Trinajstić information content (AvgIpc) is 3.45. The molecule has 1 atom stereocenters. The highest BCUT2D eigenvalue weighted by Crippen LogP contribution is 2.42. The number of hydrogen-bond acceptors (Lipinski definition) is 5. The monoisotopic (exact) mass is 539 g/mol. The minimum absolute atomic E-state index is 0.0149. The first-order valence-corrected chi connectivity index (χ1v) is 12.7. The number of sulfonamides is 1. The first-order chi connectivity index (χ1) is 15.5. The third-order valence-corrected chi connectivity index (χ3v) is 6.18. The Morgan fingerprint density at radius 1 is 1.18 bits per heavy atom. The van der Waals surface area contributed by atoms with Crippen molar-refractivity contribution in [1.29, 1.82) is 0 Å². The molecule has 0 bridgehead atoms. The summed E-state index contributed by atoms with van der Waals surface area (Å²) in [5.74, 6) is -1.97. The van der Waals surface area contributed by atoms with Crippen LogP contribution in [0.3, 0.4) is 0 Å². The third kappa shape index (κ3) is 5.59. The van der Waals surface area contributed by atoms with E-state index >= 15 is 0 Å². The van der Waals surface area contributed by atoms with Gasteiger partial charge in [0.05, 0.1) is 12.3 Å². The lowest BCUT2D eigenvalue weighted by Gasteiger charge is -2.15. The van der Waals surface area contributed by atoms with Crippen LogP contribution < -0.4 is 10.0 Å². The van der Waals surface area contributed by atoms with Gasteiger partial charge in [-0.05, 0) is 67.1 Å². The zero-order valence-electron chi connectivity index (χ0n) is 17.7. The van der Waals surface area contributed by atoms with Crippen molar-refractivity contribution in [1.82, 2.24) is 10.3 Å². The molecule has 1 heterocycles. The molecule has 0 aliphatic heterocycles. The third-order valence-electron chi connectivity index (χ3n) is 5.15. The molecular weight excluding hydrogens is 520 g/mol. The molecule has 4 rings (SSSR count). The van der Waals surface area contributed by atoms with E-state index in [0.717, 1.165) is 41.3 Å². The molecule has 174 valence electrons. The second-order valence-electron chi connectivity index (χ2n) is 8.01. The van der Waals surface area contributed by atoms with Crippen LogP contribution in [0.4, 0.5) is 14.5 Å². The number of benzene rings is 2. The fraction of sp³-hybridized carbons (Fsp3) is 0.273. The van der Waals surface area contributed by atoms with Gasteiger partial charge in [-0.15, -0.1) is 0 Å². The number of amides is 1. The molecule has 1 aromatic heterocycles. The fourth-order valence-electron chi connectivity index (χ4n) is 3.38. The van der Waals surface area contributed by atoms with E-state index in [2.05, 4.69) is 26.2 Å². The predicted molar refractivity (Wildman–Crippen MR) is 122 cm³/mol. The first-order valence-electron chi connectivity index (χ1n) is 10.0. The molecule has 2 N–H and O–H groups in total. The van der Waals surface area contributed by atoms with E-state index in [-0.39, 0.29) is 17.1 Å². The zero-order chi connectivity index (χ0) is 23.9. The van der Waals surface area contributed by atoms with E-state index in [4.69, 9.17) is 4.42 Å². The lowest BCUT2D eigenvalue weighted by Crippen LogP contribution is -2.27. The molecule has 1 saturated carbocycles. The van der Waals surface area contributed by atoms with Gasteiger partial charge in [-0.2, -0.15) is 0 Å². The maximum atomic E-state index is 14.3. The molecule has 33 heavy (non-hydrogen) atoms. The van der Waals surface area contributed by atoms with Crippen molar-refractivity contribution in [2.75, 3.05) is 11.0 Å². The van der Waals surface area contributed by atoms with Gasteiger partial charge >= 0.3 is 0 Å². The molecule has 2 aromatic carbocycles. The lowest BCUT2D eigenvalue weighted by atomic mass is 10.1. The molecule has 11 heteroatoms. The summed E-state index contributed by atoms with van der Waals surface area (Å²) in [7, 11) is -3.86. The fourth-order valence-corrected chi connectivity index (χ4v) is 4.46. The molecule has 1 aliphatic carbocycles. The van der Waals surface area contributed by atoms with Gasteiger partial charge in [0.2, 0.25) is 15.9 Å². The minimum Gasteiger partial charge on any atom is -0.444 e. The summed E-state index contributed by atoms with van der Waals surface area (Å²) < 4.78 is 59.3. The van der Waals surface area contributed by atoms with Gasteiger partial charge in [0.25, 0.3) is 5.91 Å².